The summed E-state index contributed by atoms with van der Waals surface area (Å²) in [5.74, 6) is 0.605. The first-order valence-electron chi connectivity index (χ1n) is 4.36. The van der Waals surface area contributed by atoms with E-state index in [2.05, 4.69) is 21.2 Å². The van der Waals surface area contributed by atoms with Crippen LogP contribution in [0, 0.1) is 0 Å². The number of rotatable bonds is 4. The highest BCUT2D eigenvalue weighted by Crippen LogP contribution is 2.21. The van der Waals surface area contributed by atoms with Crippen LogP contribution in [0.5, 0.6) is 0 Å². The van der Waals surface area contributed by atoms with Crippen molar-refractivity contribution in [2.24, 2.45) is 0 Å². The standard InChI is InChI=1S/C10H12BrCl2N/c1-7(5-12)14-6-8-2-3-9(11)4-10(8)13/h2-4,7,14H,5-6H2,1H3. The summed E-state index contributed by atoms with van der Waals surface area (Å²) in [5, 5.41) is 4.05. The minimum Gasteiger partial charge on any atom is -0.309 e. The summed E-state index contributed by atoms with van der Waals surface area (Å²) in [6.45, 7) is 2.79. The van der Waals surface area contributed by atoms with Crippen molar-refractivity contribution in [3.63, 3.8) is 0 Å². The Morgan fingerprint density at radius 3 is 2.79 bits per heavy atom. The van der Waals surface area contributed by atoms with Crippen LogP contribution in [-0.2, 0) is 6.54 Å². The van der Waals surface area contributed by atoms with E-state index in [4.69, 9.17) is 23.2 Å². The minimum atomic E-state index is 0.302. The van der Waals surface area contributed by atoms with E-state index >= 15 is 0 Å². The Labute approximate surface area is 103 Å². The van der Waals surface area contributed by atoms with E-state index in [1.54, 1.807) is 0 Å². The molecule has 4 heteroatoms. The second-order valence-corrected chi connectivity index (χ2v) is 4.80. The van der Waals surface area contributed by atoms with Crippen molar-refractivity contribution in [2.45, 2.75) is 19.5 Å². The Bertz CT molecular complexity index is 304. The molecule has 0 fully saturated rings. The number of hydrogen-bond donors (Lipinski definition) is 1. The fourth-order valence-electron chi connectivity index (χ4n) is 1.00. The fraction of sp³-hybridized carbons (Fsp3) is 0.400. The molecule has 78 valence electrons. The summed E-state index contributed by atoms with van der Waals surface area (Å²) in [6.07, 6.45) is 0. The van der Waals surface area contributed by atoms with Crippen LogP contribution in [0.4, 0.5) is 0 Å². The highest BCUT2D eigenvalue weighted by Gasteiger charge is 2.03. The molecule has 0 saturated heterocycles. The molecule has 14 heavy (non-hydrogen) atoms. The van der Waals surface area contributed by atoms with E-state index in [0.29, 0.717) is 11.9 Å². The van der Waals surface area contributed by atoms with Gasteiger partial charge in [-0.05, 0) is 24.6 Å². The molecule has 1 N–H and O–H groups in total. The first-order valence-corrected chi connectivity index (χ1v) is 6.07. The highest BCUT2D eigenvalue weighted by atomic mass is 79.9. The quantitative estimate of drug-likeness (QED) is 0.833. The third-order valence-corrected chi connectivity index (χ3v) is 3.20. The maximum Gasteiger partial charge on any atom is 0.0462 e. The lowest BCUT2D eigenvalue weighted by atomic mass is 10.2. The Morgan fingerprint density at radius 2 is 2.21 bits per heavy atom. The summed E-state index contributed by atoms with van der Waals surface area (Å²) in [4.78, 5) is 0. The molecule has 1 aromatic carbocycles. The molecule has 0 aliphatic carbocycles. The van der Waals surface area contributed by atoms with Gasteiger partial charge in [-0.1, -0.05) is 33.6 Å². The van der Waals surface area contributed by atoms with Gasteiger partial charge in [0.1, 0.15) is 0 Å². The Kier molecular flexibility index (Phi) is 5.24. The maximum atomic E-state index is 6.05. The summed E-state index contributed by atoms with van der Waals surface area (Å²) < 4.78 is 0.997. The van der Waals surface area contributed by atoms with E-state index in [1.807, 2.05) is 25.1 Å². The lowest BCUT2D eigenvalue weighted by Gasteiger charge is -2.11. The number of nitrogens with one attached hydrogen (secondary N) is 1. The van der Waals surface area contributed by atoms with Gasteiger partial charge < -0.3 is 5.32 Å². The second kappa shape index (κ2) is 5.96. The first kappa shape index (κ1) is 12.3. The summed E-state index contributed by atoms with van der Waals surface area (Å²) in [7, 11) is 0. The molecular formula is C10H12BrCl2N. The van der Waals surface area contributed by atoms with Crippen molar-refractivity contribution in [1.82, 2.24) is 5.32 Å². The molecule has 0 aliphatic rings. The molecule has 1 rings (SSSR count). The van der Waals surface area contributed by atoms with Gasteiger partial charge in [0.15, 0.2) is 0 Å². The molecule has 0 aliphatic heterocycles. The summed E-state index contributed by atoms with van der Waals surface area (Å²) >= 11 is 15.1. The number of alkyl halides is 1. The monoisotopic (exact) mass is 295 g/mol. The average Bonchev–Trinajstić information content (AvgIpc) is 2.16. The van der Waals surface area contributed by atoms with E-state index in [9.17, 15) is 0 Å². The lowest BCUT2D eigenvalue weighted by molar-refractivity contribution is 0.593. The molecule has 0 heterocycles. The predicted octanol–water partition coefficient (Wildman–Crippen LogP) is 3.82. The minimum absolute atomic E-state index is 0.302. The molecule has 0 bridgehead atoms. The van der Waals surface area contributed by atoms with Crippen LogP contribution in [0.25, 0.3) is 0 Å². The van der Waals surface area contributed by atoms with Crippen LogP contribution >= 0.6 is 39.1 Å². The van der Waals surface area contributed by atoms with E-state index in [0.717, 1.165) is 21.6 Å². The van der Waals surface area contributed by atoms with Crippen LogP contribution in [0.3, 0.4) is 0 Å². The molecule has 0 aromatic heterocycles. The average molecular weight is 297 g/mol. The van der Waals surface area contributed by atoms with Crippen molar-refractivity contribution in [1.29, 1.82) is 0 Å². The van der Waals surface area contributed by atoms with Crippen LogP contribution < -0.4 is 5.32 Å². The molecule has 1 nitrogen and oxygen atoms in total. The Balaban J connectivity index is 2.59. The van der Waals surface area contributed by atoms with E-state index < -0.39 is 0 Å². The number of halogens is 3. The smallest absolute Gasteiger partial charge is 0.0462 e. The Morgan fingerprint density at radius 1 is 1.50 bits per heavy atom. The van der Waals surface area contributed by atoms with Crippen LogP contribution in [-0.4, -0.2) is 11.9 Å². The molecule has 0 saturated carbocycles. The Hall–Kier alpha value is 0.240. The highest BCUT2D eigenvalue weighted by molar-refractivity contribution is 9.10. The van der Waals surface area contributed by atoms with E-state index in [-0.39, 0.29) is 0 Å². The van der Waals surface area contributed by atoms with Gasteiger partial charge in [-0.2, -0.15) is 0 Å². The van der Waals surface area contributed by atoms with Crippen molar-refractivity contribution in [3.8, 4) is 0 Å². The van der Waals surface area contributed by atoms with Gasteiger partial charge >= 0.3 is 0 Å². The van der Waals surface area contributed by atoms with Gasteiger partial charge in [-0.3, -0.25) is 0 Å². The largest absolute Gasteiger partial charge is 0.309 e. The maximum absolute atomic E-state index is 6.05. The van der Waals surface area contributed by atoms with Crippen molar-refractivity contribution in [2.75, 3.05) is 5.88 Å². The third-order valence-electron chi connectivity index (χ3n) is 1.89. The molecule has 1 unspecified atom stereocenters. The lowest BCUT2D eigenvalue weighted by Crippen LogP contribution is -2.26. The fourth-order valence-corrected chi connectivity index (χ4v) is 1.85. The predicted molar refractivity (Wildman–Crippen MR) is 66.2 cm³/mol. The van der Waals surface area contributed by atoms with Crippen molar-refractivity contribution < 1.29 is 0 Å². The van der Waals surface area contributed by atoms with Crippen LogP contribution in [0.15, 0.2) is 22.7 Å². The van der Waals surface area contributed by atoms with Gasteiger partial charge in [0.25, 0.3) is 0 Å². The molecule has 0 radical (unpaired) electrons. The zero-order valence-corrected chi connectivity index (χ0v) is 11.0. The number of hydrogen-bond acceptors (Lipinski definition) is 1. The molecule has 1 aromatic rings. The van der Waals surface area contributed by atoms with Gasteiger partial charge in [-0.15, -0.1) is 11.6 Å². The molecule has 0 spiro atoms. The van der Waals surface area contributed by atoms with Gasteiger partial charge in [0, 0.05) is 28.0 Å². The SMILES string of the molecule is CC(CCl)NCc1ccc(Br)cc1Cl. The van der Waals surface area contributed by atoms with Crippen molar-refractivity contribution in [3.05, 3.63) is 33.3 Å². The summed E-state index contributed by atoms with van der Waals surface area (Å²) in [6, 6.07) is 6.18. The topological polar surface area (TPSA) is 12.0 Å². The second-order valence-electron chi connectivity index (χ2n) is 3.17. The van der Waals surface area contributed by atoms with Gasteiger partial charge in [0.05, 0.1) is 0 Å². The third kappa shape index (κ3) is 3.77. The molecule has 0 amide bonds. The zero-order valence-electron chi connectivity index (χ0n) is 7.86. The molecular weight excluding hydrogens is 285 g/mol. The van der Waals surface area contributed by atoms with Crippen LogP contribution in [0.2, 0.25) is 5.02 Å². The molecule has 1 atom stereocenters. The van der Waals surface area contributed by atoms with Gasteiger partial charge in [-0.25, -0.2) is 0 Å². The van der Waals surface area contributed by atoms with Gasteiger partial charge in [0.2, 0.25) is 0 Å². The zero-order chi connectivity index (χ0) is 10.6. The van der Waals surface area contributed by atoms with E-state index in [1.165, 1.54) is 0 Å². The summed E-state index contributed by atoms with van der Waals surface area (Å²) in [5.41, 5.74) is 1.09. The van der Waals surface area contributed by atoms with Crippen molar-refractivity contribution >= 4 is 39.1 Å². The van der Waals surface area contributed by atoms with Crippen LogP contribution in [0.1, 0.15) is 12.5 Å². The first-order chi connectivity index (χ1) is 6.63. The number of benzene rings is 1. The normalized spacial score (nSPS) is 12.9.